The van der Waals surface area contributed by atoms with Crippen LogP contribution in [0.2, 0.25) is 0 Å². The molecule has 1 heterocycles. The summed E-state index contributed by atoms with van der Waals surface area (Å²) in [6, 6.07) is 14.7. The average Bonchev–Trinajstić information content (AvgIpc) is 2.53. The number of hydrogen-bond acceptors (Lipinski definition) is 3. The maximum atomic E-state index is 11.0. The van der Waals surface area contributed by atoms with Gasteiger partial charge in [0.1, 0.15) is 0 Å². The molecule has 0 spiro atoms. The van der Waals surface area contributed by atoms with Crippen molar-refractivity contribution < 1.29 is 14.3 Å². The molecule has 1 amide bonds. The molecule has 3 rings (SSSR count). The SMILES string of the molecule is CC(C)(C)c1cccc(-c2ccc3c(c2)COCC3OC(N)=O)c1. The number of ether oxygens (including phenoxy) is 2. The molecule has 1 aliphatic heterocycles. The van der Waals surface area contributed by atoms with Gasteiger partial charge >= 0.3 is 6.09 Å². The molecule has 0 bridgehead atoms. The van der Waals surface area contributed by atoms with Gasteiger partial charge in [0.05, 0.1) is 13.2 Å². The molecule has 2 N–H and O–H groups in total. The van der Waals surface area contributed by atoms with Crippen molar-refractivity contribution in [2.45, 2.75) is 38.9 Å². The van der Waals surface area contributed by atoms with Crippen LogP contribution in [-0.2, 0) is 21.5 Å². The van der Waals surface area contributed by atoms with Gasteiger partial charge in [-0.1, -0.05) is 57.2 Å². The highest BCUT2D eigenvalue weighted by Crippen LogP contribution is 2.33. The van der Waals surface area contributed by atoms with Gasteiger partial charge in [0.2, 0.25) is 0 Å². The van der Waals surface area contributed by atoms with Crippen LogP contribution in [0.4, 0.5) is 4.79 Å². The van der Waals surface area contributed by atoms with Crippen molar-refractivity contribution in [2.75, 3.05) is 6.61 Å². The summed E-state index contributed by atoms with van der Waals surface area (Å²) in [5.74, 6) is 0. The van der Waals surface area contributed by atoms with E-state index < -0.39 is 12.2 Å². The van der Waals surface area contributed by atoms with Crippen LogP contribution < -0.4 is 5.73 Å². The van der Waals surface area contributed by atoms with E-state index in [1.165, 1.54) is 11.1 Å². The Balaban J connectivity index is 1.96. The second kappa shape index (κ2) is 6.29. The van der Waals surface area contributed by atoms with E-state index in [0.717, 1.165) is 16.7 Å². The number of rotatable bonds is 2. The van der Waals surface area contributed by atoms with E-state index in [0.29, 0.717) is 13.2 Å². The van der Waals surface area contributed by atoms with Crippen LogP contribution in [0.15, 0.2) is 42.5 Å². The molecular formula is C20H23NO3. The summed E-state index contributed by atoms with van der Waals surface area (Å²) in [5.41, 5.74) is 10.8. The summed E-state index contributed by atoms with van der Waals surface area (Å²) in [6.07, 6.45) is -1.21. The minimum Gasteiger partial charge on any atom is -0.439 e. The van der Waals surface area contributed by atoms with Crippen molar-refractivity contribution in [1.82, 2.24) is 0 Å². The second-order valence-corrected chi connectivity index (χ2v) is 7.19. The number of carbonyl (C=O) groups excluding carboxylic acids is 1. The Hall–Kier alpha value is -2.33. The largest absolute Gasteiger partial charge is 0.439 e. The summed E-state index contributed by atoms with van der Waals surface area (Å²) in [4.78, 5) is 11.0. The first-order valence-corrected chi connectivity index (χ1v) is 8.12. The van der Waals surface area contributed by atoms with Crippen molar-refractivity contribution in [1.29, 1.82) is 0 Å². The lowest BCUT2D eigenvalue weighted by Crippen LogP contribution is -2.24. The fourth-order valence-corrected chi connectivity index (χ4v) is 2.99. The smallest absolute Gasteiger partial charge is 0.405 e. The predicted molar refractivity (Wildman–Crippen MR) is 93.6 cm³/mol. The average molecular weight is 325 g/mol. The molecule has 24 heavy (non-hydrogen) atoms. The lowest BCUT2D eigenvalue weighted by atomic mass is 9.85. The van der Waals surface area contributed by atoms with Gasteiger partial charge < -0.3 is 15.2 Å². The summed E-state index contributed by atoms with van der Waals surface area (Å²) in [6.45, 7) is 7.48. The van der Waals surface area contributed by atoms with Crippen LogP contribution in [-0.4, -0.2) is 12.7 Å². The van der Waals surface area contributed by atoms with E-state index >= 15 is 0 Å². The van der Waals surface area contributed by atoms with E-state index in [-0.39, 0.29) is 5.41 Å². The fourth-order valence-electron chi connectivity index (χ4n) is 2.99. The number of nitrogens with two attached hydrogens (primary N) is 1. The van der Waals surface area contributed by atoms with Gasteiger partial charge in [-0.2, -0.15) is 0 Å². The zero-order valence-corrected chi connectivity index (χ0v) is 14.3. The molecule has 0 aliphatic carbocycles. The Morgan fingerprint density at radius 1 is 1.17 bits per heavy atom. The highest BCUT2D eigenvalue weighted by molar-refractivity contribution is 5.67. The monoisotopic (exact) mass is 325 g/mol. The van der Waals surface area contributed by atoms with Crippen molar-refractivity contribution in [2.24, 2.45) is 5.73 Å². The lowest BCUT2D eigenvalue weighted by molar-refractivity contribution is -0.000000446. The Kier molecular flexibility index (Phi) is 4.33. The molecule has 1 aliphatic rings. The molecule has 0 aromatic heterocycles. The molecular weight excluding hydrogens is 302 g/mol. The van der Waals surface area contributed by atoms with Gasteiger partial charge in [0, 0.05) is 5.56 Å². The molecule has 1 atom stereocenters. The van der Waals surface area contributed by atoms with E-state index in [4.69, 9.17) is 15.2 Å². The summed E-state index contributed by atoms with van der Waals surface area (Å²) in [5, 5.41) is 0. The van der Waals surface area contributed by atoms with Crippen LogP contribution >= 0.6 is 0 Å². The van der Waals surface area contributed by atoms with E-state index in [1.54, 1.807) is 0 Å². The minimum absolute atomic E-state index is 0.105. The molecule has 4 heteroatoms. The summed E-state index contributed by atoms with van der Waals surface area (Å²) >= 11 is 0. The Morgan fingerprint density at radius 3 is 2.62 bits per heavy atom. The lowest BCUT2D eigenvalue weighted by Gasteiger charge is -2.25. The molecule has 0 radical (unpaired) electrons. The zero-order chi connectivity index (χ0) is 17.3. The first-order chi connectivity index (χ1) is 11.3. The topological polar surface area (TPSA) is 61.6 Å². The summed E-state index contributed by atoms with van der Waals surface area (Å²) < 4.78 is 10.7. The molecule has 0 fully saturated rings. The number of hydrogen-bond donors (Lipinski definition) is 1. The van der Waals surface area contributed by atoms with Crippen LogP contribution in [0.5, 0.6) is 0 Å². The van der Waals surface area contributed by atoms with Crippen LogP contribution in [0.25, 0.3) is 11.1 Å². The predicted octanol–water partition coefficient (Wildman–Crippen LogP) is 4.32. The zero-order valence-electron chi connectivity index (χ0n) is 14.3. The number of benzene rings is 2. The molecule has 126 valence electrons. The van der Waals surface area contributed by atoms with Gasteiger partial charge in [-0.25, -0.2) is 4.79 Å². The van der Waals surface area contributed by atoms with Crippen molar-refractivity contribution in [3.8, 4) is 11.1 Å². The molecule has 2 aromatic rings. The third kappa shape index (κ3) is 3.44. The normalized spacial score (nSPS) is 17.2. The Bertz CT molecular complexity index is 762. The van der Waals surface area contributed by atoms with Crippen LogP contribution in [0.1, 0.15) is 43.6 Å². The number of carbonyl (C=O) groups is 1. The highest BCUT2D eigenvalue weighted by atomic mass is 16.6. The van der Waals surface area contributed by atoms with E-state index in [2.05, 4.69) is 57.2 Å². The molecule has 2 aromatic carbocycles. The van der Waals surface area contributed by atoms with Gasteiger partial charge in [-0.15, -0.1) is 0 Å². The number of primary amides is 1. The van der Waals surface area contributed by atoms with Crippen molar-refractivity contribution in [3.63, 3.8) is 0 Å². The molecule has 0 saturated heterocycles. The highest BCUT2D eigenvalue weighted by Gasteiger charge is 2.24. The molecule has 0 saturated carbocycles. The van der Waals surface area contributed by atoms with Crippen LogP contribution in [0.3, 0.4) is 0 Å². The van der Waals surface area contributed by atoms with Gasteiger partial charge in [-0.3, -0.25) is 0 Å². The standard InChI is InChI=1S/C20H23NO3/c1-20(2,3)16-6-4-5-13(10-16)14-7-8-17-15(9-14)11-23-12-18(17)24-19(21)22/h4-10,18H,11-12H2,1-3H3,(H2,21,22). The maximum absolute atomic E-state index is 11.0. The molecule has 4 nitrogen and oxygen atoms in total. The quantitative estimate of drug-likeness (QED) is 0.894. The Labute approximate surface area is 142 Å². The Morgan fingerprint density at radius 2 is 1.92 bits per heavy atom. The molecule has 1 unspecified atom stereocenters. The van der Waals surface area contributed by atoms with Gasteiger partial charge in [0.25, 0.3) is 0 Å². The maximum Gasteiger partial charge on any atom is 0.405 e. The first kappa shape index (κ1) is 16.5. The van der Waals surface area contributed by atoms with Gasteiger partial charge in [-0.05, 0) is 33.7 Å². The van der Waals surface area contributed by atoms with Crippen molar-refractivity contribution in [3.05, 3.63) is 59.2 Å². The minimum atomic E-state index is -0.779. The second-order valence-electron chi connectivity index (χ2n) is 7.19. The number of fused-ring (bicyclic) bond motifs is 1. The van der Waals surface area contributed by atoms with E-state index in [9.17, 15) is 4.79 Å². The van der Waals surface area contributed by atoms with Gasteiger partial charge in [0.15, 0.2) is 6.10 Å². The van der Waals surface area contributed by atoms with E-state index in [1.807, 2.05) is 6.07 Å². The fraction of sp³-hybridized carbons (Fsp3) is 0.350. The third-order valence-corrected chi connectivity index (χ3v) is 4.34. The third-order valence-electron chi connectivity index (χ3n) is 4.34. The number of amides is 1. The van der Waals surface area contributed by atoms with Crippen LogP contribution in [0, 0.1) is 0 Å². The first-order valence-electron chi connectivity index (χ1n) is 8.12. The summed E-state index contributed by atoms with van der Waals surface area (Å²) in [7, 11) is 0. The van der Waals surface area contributed by atoms with Crippen molar-refractivity contribution >= 4 is 6.09 Å².